The molecule has 0 amide bonds. The Morgan fingerprint density at radius 1 is 1.47 bits per heavy atom. The van der Waals surface area contributed by atoms with Crippen molar-refractivity contribution in [2.75, 3.05) is 0 Å². The third kappa shape index (κ3) is 2.04. The van der Waals surface area contributed by atoms with Gasteiger partial charge in [-0.1, -0.05) is 15.9 Å². The van der Waals surface area contributed by atoms with Crippen LogP contribution in [0.4, 0.5) is 4.39 Å². The summed E-state index contributed by atoms with van der Waals surface area (Å²) in [5.74, 6) is 0.101. The van der Waals surface area contributed by atoms with Crippen molar-refractivity contribution in [3.63, 3.8) is 0 Å². The predicted molar refractivity (Wildman–Crippen MR) is 56.6 cm³/mol. The number of halogens is 2. The van der Waals surface area contributed by atoms with Crippen LogP contribution in [0.5, 0.6) is 0 Å². The van der Waals surface area contributed by atoms with Gasteiger partial charge in [0, 0.05) is 10.0 Å². The Labute approximate surface area is 94.2 Å². The normalized spacial score (nSPS) is 10.6. The Morgan fingerprint density at radius 3 is 2.93 bits per heavy atom. The van der Waals surface area contributed by atoms with E-state index in [0.717, 1.165) is 4.47 Å². The summed E-state index contributed by atoms with van der Waals surface area (Å²) < 4.78 is 13.8. The van der Waals surface area contributed by atoms with E-state index in [-0.39, 0.29) is 5.82 Å². The first-order chi connectivity index (χ1) is 7.20. The van der Waals surface area contributed by atoms with Gasteiger partial charge in [-0.3, -0.25) is 0 Å². The first kappa shape index (κ1) is 10.2. The summed E-state index contributed by atoms with van der Waals surface area (Å²) in [6.07, 6.45) is 0. The van der Waals surface area contributed by atoms with Gasteiger partial charge in [0.25, 0.3) is 0 Å². The van der Waals surface area contributed by atoms with Gasteiger partial charge in [-0.2, -0.15) is 4.80 Å². The number of hydrogen-bond acceptors (Lipinski definition) is 3. The molecule has 0 fully saturated rings. The monoisotopic (exact) mass is 270 g/mol. The predicted octanol–water partition coefficient (Wildman–Crippen LogP) is 2.26. The average molecular weight is 271 g/mol. The topological polar surface area (TPSA) is 43.6 Å². The van der Waals surface area contributed by atoms with E-state index in [1.165, 1.54) is 16.9 Å². The van der Waals surface area contributed by atoms with Crippen molar-refractivity contribution in [2.24, 2.45) is 0 Å². The molecule has 0 saturated heterocycles. The second-order valence-corrected chi connectivity index (χ2v) is 3.78. The van der Waals surface area contributed by atoms with E-state index < -0.39 is 0 Å². The van der Waals surface area contributed by atoms with Gasteiger partial charge in [-0.25, -0.2) is 4.39 Å². The lowest BCUT2D eigenvalue weighted by Crippen LogP contribution is -1.98. The van der Waals surface area contributed by atoms with Crippen molar-refractivity contribution in [2.45, 2.75) is 13.5 Å². The zero-order valence-electron chi connectivity index (χ0n) is 7.98. The summed E-state index contributed by atoms with van der Waals surface area (Å²) >= 11 is 3.31. The highest BCUT2D eigenvalue weighted by Gasteiger charge is 2.10. The number of nitrogens with zero attached hydrogens (tertiary/aromatic N) is 4. The number of aryl methyl sites for hydroxylation is 1. The lowest BCUT2D eigenvalue weighted by molar-refractivity contribution is 0.552. The Kier molecular flexibility index (Phi) is 2.77. The Morgan fingerprint density at radius 2 is 2.27 bits per heavy atom. The number of rotatable bonds is 2. The van der Waals surface area contributed by atoms with Crippen LogP contribution >= 0.6 is 15.9 Å². The van der Waals surface area contributed by atoms with Gasteiger partial charge in [0.2, 0.25) is 5.82 Å². The molecule has 0 unspecified atom stereocenters. The summed E-state index contributed by atoms with van der Waals surface area (Å²) in [4.78, 5) is 1.45. The van der Waals surface area contributed by atoms with E-state index in [9.17, 15) is 4.39 Å². The number of hydrogen-bond donors (Lipinski definition) is 0. The molecule has 0 aliphatic carbocycles. The molecule has 1 aromatic carbocycles. The van der Waals surface area contributed by atoms with Crippen LogP contribution in [-0.2, 0) is 6.54 Å². The van der Waals surface area contributed by atoms with Crippen LogP contribution in [0.1, 0.15) is 6.92 Å². The van der Waals surface area contributed by atoms with E-state index in [1.807, 2.05) is 6.92 Å². The molecule has 1 heterocycles. The number of benzene rings is 1. The molecule has 0 spiro atoms. The zero-order chi connectivity index (χ0) is 10.8. The lowest BCUT2D eigenvalue weighted by Gasteiger charge is -1.98. The fourth-order valence-electron chi connectivity index (χ4n) is 1.15. The van der Waals surface area contributed by atoms with Crippen LogP contribution in [0.2, 0.25) is 0 Å². The summed E-state index contributed by atoms with van der Waals surface area (Å²) in [5.41, 5.74) is 0.606. The highest BCUT2D eigenvalue weighted by molar-refractivity contribution is 9.10. The summed E-state index contributed by atoms with van der Waals surface area (Å²) in [7, 11) is 0. The fraction of sp³-hybridized carbons (Fsp3) is 0.222. The quantitative estimate of drug-likeness (QED) is 0.841. The van der Waals surface area contributed by atoms with Crippen molar-refractivity contribution in [3.8, 4) is 11.4 Å². The highest BCUT2D eigenvalue weighted by atomic mass is 79.9. The molecule has 0 saturated carbocycles. The van der Waals surface area contributed by atoms with E-state index in [1.54, 1.807) is 6.07 Å². The van der Waals surface area contributed by atoms with Crippen LogP contribution in [0.15, 0.2) is 22.7 Å². The Bertz CT molecular complexity index is 483. The maximum Gasteiger partial charge on any atom is 0.206 e. The van der Waals surface area contributed by atoms with Crippen molar-refractivity contribution < 1.29 is 4.39 Å². The van der Waals surface area contributed by atoms with Crippen molar-refractivity contribution in [3.05, 3.63) is 28.5 Å². The van der Waals surface area contributed by atoms with Crippen LogP contribution in [0.3, 0.4) is 0 Å². The van der Waals surface area contributed by atoms with E-state index in [0.29, 0.717) is 17.9 Å². The van der Waals surface area contributed by atoms with Gasteiger partial charge in [-0.15, -0.1) is 10.2 Å². The second-order valence-electron chi connectivity index (χ2n) is 2.93. The summed E-state index contributed by atoms with van der Waals surface area (Å²) in [5, 5.41) is 11.8. The Hall–Kier alpha value is -1.30. The molecule has 15 heavy (non-hydrogen) atoms. The summed E-state index contributed by atoms with van der Waals surface area (Å²) in [6, 6.07) is 4.37. The standard InChI is InChI=1S/C9H8BrFN4/c1-2-15-13-9(12-14-15)7-5-6(11)3-4-8(7)10/h3-5H,2H2,1H3. The maximum atomic E-state index is 13.0. The minimum absolute atomic E-state index is 0.318. The van der Waals surface area contributed by atoms with Crippen molar-refractivity contribution >= 4 is 15.9 Å². The van der Waals surface area contributed by atoms with Crippen LogP contribution < -0.4 is 0 Å². The van der Waals surface area contributed by atoms with Gasteiger partial charge < -0.3 is 0 Å². The molecule has 4 nitrogen and oxygen atoms in total. The SMILES string of the molecule is CCn1nnc(-c2cc(F)ccc2Br)n1. The van der Waals surface area contributed by atoms with Crippen molar-refractivity contribution in [1.29, 1.82) is 0 Å². The van der Waals surface area contributed by atoms with Crippen molar-refractivity contribution in [1.82, 2.24) is 20.2 Å². The molecule has 0 aliphatic heterocycles. The third-order valence-corrected chi connectivity index (χ3v) is 2.60. The van der Waals surface area contributed by atoms with Gasteiger partial charge >= 0.3 is 0 Å². The molecule has 0 radical (unpaired) electrons. The molecular formula is C9H8BrFN4. The smallest absolute Gasteiger partial charge is 0.206 e. The Balaban J connectivity index is 2.48. The van der Waals surface area contributed by atoms with E-state index >= 15 is 0 Å². The van der Waals surface area contributed by atoms with Gasteiger partial charge in [0.15, 0.2) is 0 Å². The van der Waals surface area contributed by atoms with Gasteiger partial charge in [0.1, 0.15) is 5.82 Å². The second kappa shape index (κ2) is 4.06. The minimum atomic E-state index is -0.318. The van der Waals surface area contributed by atoms with Crippen LogP contribution in [0, 0.1) is 5.82 Å². The molecule has 78 valence electrons. The lowest BCUT2D eigenvalue weighted by atomic mass is 10.2. The molecule has 2 aromatic rings. The minimum Gasteiger partial charge on any atom is -0.207 e. The molecule has 6 heteroatoms. The molecule has 0 bridgehead atoms. The average Bonchev–Trinajstić information content (AvgIpc) is 2.70. The van der Waals surface area contributed by atoms with E-state index in [4.69, 9.17) is 0 Å². The molecule has 2 rings (SSSR count). The number of aromatic nitrogens is 4. The van der Waals surface area contributed by atoms with Gasteiger partial charge in [-0.05, 0) is 30.3 Å². The van der Waals surface area contributed by atoms with Gasteiger partial charge in [0.05, 0.1) is 6.54 Å². The largest absolute Gasteiger partial charge is 0.207 e. The van der Waals surface area contributed by atoms with E-state index in [2.05, 4.69) is 31.3 Å². The first-order valence-corrected chi connectivity index (χ1v) is 5.23. The third-order valence-electron chi connectivity index (χ3n) is 1.90. The molecule has 1 aromatic heterocycles. The maximum absolute atomic E-state index is 13.0. The van der Waals surface area contributed by atoms with Crippen LogP contribution in [0.25, 0.3) is 11.4 Å². The zero-order valence-corrected chi connectivity index (χ0v) is 9.57. The molecular weight excluding hydrogens is 263 g/mol. The molecule has 0 atom stereocenters. The van der Waals surface area contributed by atoms with Crippen LogP contribution in [-0.4, -0.2) is 20.2 Å². The first-order valence-electron chi connectivity index (χ1n) is 4.44. The molecule has 0 N–H and O–H groups in total. The highest BCUT2D eigenvalue weighted by Crippen LogP contribution is 2.25. The molecule has 0 aliphatic rings. The number of tetrazole rings is 1. The summed E-state index contributed by atoms with van der Waals surface area (Å²) in [6.45, 7) is 2.55. The fourth-order valence-corrected chi connectivity index (χ4v) is 1.58.